The van der Waals surface area contributed by atoms with E-state index in [1.807, 2.05) is 0 Å². The van der Waals surface area contributed by atoms with Gasteiger partial charge >= 0.3 is 0 Å². The highest BCUT2D eigenvalue weighted by Gasteiger charge is 2.43. The fourth-order valence-electron chi connectivity index (χ4n) is 5.69. The number of hydrogen-bond donors (Lipinski definition) is 2. The second kappa shape index (κ2) is 16.1. The minimum atomic E-state index is -0.000168. The van der Waals surface area contributed by atoms with Crippen molar-refractivity contribution in [3.8, 4) is 0 Å². The molecular formula is C27H50N2O2S2. The number of ether oxygens (including phenoxy) is 2. The predicted molar refractivity (Wildman–Crippen MR) is 148 cm³/mol. The van der Waals surface area contributed by atoms with Gasteiger partial charge in [-0.3, -0.25) is 0 Å². The molecule has 2 saturated carbocycles. The van der Waals surface area contributed by atoms with Crippen molar-refractivity contribution < 1.29 is 9.47 Å². The van der Waals surface area contributed by atoms with Crippen molar-refractivity contribution in [2.75, 3.05) is 13.2 Å². The van der Waals surface area contributed by atoms with E-state index in [-0.39, 0.29) is 11.1 Å². The third-order valence-corrected chi connectivity index (χ3v) is 7.93. The Hall–Kier alpha value is -0.620. The summed E-state index contributed by atoms with van der Waals surface area (Å²) in [5, 5.41) is 8.62. The molecule has 2 aliphatic carbocycles. The molecule has 0 radical (unpaired) electrons. The van der Waals surface area contributed by atoms with Gasteiger partial charge in [-0.15, -0.1) is 0 Å². The first-order valence-corrected chi connectivity index (χ1v) is 14.7. The number of thiocarbonyl (C=S) groups is 2. The third kappa shape index (κ3) is 11.1. The van der Waals surface area contributed by atoms with Gasteiger partial charge in [-0.05, 0) is 69.4 Å². The Balaban J connectivity index is 1.96. The molecule has 6 heteroatoms. The molecule has 0 heterocycles. The highest BCUT2D eigenvalue weighted by atomic mass is 32.1. The summed E-state index contributed by atoms with van der Waals surface area (Å²) < 4.78 is 11.9. The zero-order chi connectivity index (χ0) is 23.8. The number of hydrogen-bond acceptors (Lipinski definition) is 4. The summed E-state index contributed by atoms with van der Waals surface area (Å²) in [6.07, 6.45) is 22.9. The van der Waals surface area contributed by atoms with Gasteiger partial charge in [0, 0.05) is 11.1 Å². The maximum atomic E-state index is 5.95. The first-order chi connectivity index (χ1) is 16.0. The maximum Gasteiger partial charge on any atom is 0.257 e. The van der Waals surface area contributed by atoms with Gasteiger partial charge in [0.1, 0.15) is 0 Å². The first-order valence-electron chi connectivity index (χ1n) is 13.9. The highest BCUT2D eigenvalue weighted by Crippen LogP contribution is 2.41. The molecule has 0 atom stereocenters. The molecule has 0 amide bonds. The quantitative estimate of drug-likeness (QED) is 0.189. The Morgan fingerprint density at radius 2 is 1.00 bits per heavy atom. The maximum absolute atomic E-state index is 5.95. The van der Waals surface area contributed by atoms with Gasteiger partial charge < -0.3 is 20.1 Å². The lowest BCUT2D eigenvalue weighted by molar-refractivity contribution is 0.131. The Kier molecular flexibility index (Phi) is 14.0. The van der Waals surface area contributed by atoms with Crippen molar-refractivity contribution in [2.24, 2.45) is 0 Å². The van der Waals surface area contributed by atoms with E-state index in [0.717, 1.165) is 58.2 Å². The number of rotatable bonds is 14. The van der Waals surface area contributed by atoms with Gasteiger partial charge in [-0.2, -0.15) is 0 Å². The van der Waals surface area contributed by atoms with E-state index in [1.54, 1.807) is 0 Å². The van der Waals surface area contributed by atoms with Crippen LogP contribution in [-0.2, 0) is 9.47 Å². The summed E-state index contributed by atoms with van der Waals surface area (Å²) >= 11 is 11.3. The van der Waals surface area contributed by atoms with E-state index >= 15 is 0 Å². The van der Waals surface area contributed by atoms with Gasteiger partial charge in [-0.1, -0.05) is 90.9 Å². The molecule has 192 valence electrons. The van der Waals surface area contributed by atoms with Crippen LogP contribution < -0.4 is 10.6 Å². The Morgan fingerprint density at radius 3 is 1.36 bits per heavy atom. The van der Waals surface area contributed by atoms with E-state index in [1.165, 1.54) is 77.0 Å². The lowest BCUT2D eigenvalue weighted by Gasteiger charge is -2.48. The molecule has 2 aliphatic rings. The van der Waals surface area contributed by atoms with Gasteiger partial charge in [-0.25, -0.2) is 0 Å². The molecule has 0 aliphatic heterocycles. The summed E-state index contributed by atoms with van der Waals surface area (Å²) in [7, 11) is 0. The molecule has 0 aromatic rings. The van der Waals surface area contributed by atoms with Gasteiger partial charge in [0.05, 0.1) is 13.2 Å². The topological polar surface area (TPSA) is 42.5 Å². The fraction of sp³-hybridized carbons (Fsp3) is 0.926. The van der Waals surface area contributed by atoms with Crippen LogP contribution in [0.1, 0.15) is 136 Å². The highest BCUT2D eigenvalue weighted by molar-refractivity contribution is 7.80. The zero-order valence-corrected chi connectivity index (χ0v) is 23.1. The van der Waals surface area contributed by atoms with Crippen LogP contribution in [0.4, 0.5) is 0 Å². The zero-order valence-electron chi connectivity index (χ0n) is 21.5. The van der Waals surface area contributed by atoms with Crippen molar-refractivity contribution in [1.82, 2.24) is 10.6 Å². The molecule has 0 spiro atoms. The normalized spacial score (nSPS) is 19.5. The van der Waals surface area contributed by atoms with Crippen LogP contribution in [0.2, 0.25) is 0 Å². The average molecular weight is 499 g/mol. The van der Waals surface area contributed by atoms with Crippen molar-refractivity contribution in [3.63, 3.8) is 0 Å². The Morgan fingerprint density at radius 1 is 0.606 bits per heavy atom. The lowest BCUT2D eigenvalue weighted by atomic mass is 9.68. The Labute approximate surface area is 214 Å². The SMILES string of the molecule is CCCCCCOC(=S)NC1(CC2(NC(=S)OCCCCCC)CCCCC2)CCCCC1. The fourth-order valence-corrected chi connectivity index (χ4v) is 6.29. The monoisotopic (exact) mass is 498 g/mol. The van der Waals surface area contributed by atoms with E-state index in [4.69, 9.17) is 33.9 Å². The minimum Gasteiger partial charge on any atom is -0.471 e. The van der Waals surface area contributed by atoms with Crippen LogP contribution in [0.15, 0.2) is 0 Å². The summed E-state index contributed by atoms with van der Waals surface area (Å²) in [6.45, 7) is 5.92. The van der Waals surface area contributed by atoms with Crippen LogP contribution in [-0.4, -0.2) is 34.6 Å². The molecule has 0 saturated heterocycles. The summed E-state index contributed by atoms with van der Waals surface area (Å²) in [5.74, 6) is 0. The van der Waals surface area contributed by atoms with Crippen LogP contribution in [0.5, 0.6) is 0 Å². The standard InChI is InChI=1S/C27H50N2O2S2/c1-3-5-7-15-21-30-24(32)28-26(17-11-9-12-18-26)23-27(19-13-10-14-20-27)29-25(33)31-22-16-8-6-4-2/h3-23H2,1-2H3,(H,28,32)(H,29,33). The van der Waals surface area contributed by atoms with Crippen molar-refractivity contribution in [2.45, 2.75) is 147 Å². The molecule has 2 fully saturated rings. The lowest BCUT2D eigenvalue weighted by Crippen LogP contribution is -2.60. The summed E-state index contributed by atoms with van der Waals surface area (Å²) in [6, 6.07) is 0. The largest absolute Gasteiger partial charge is 0.471 e. The Bertz CT molecular complexity index is 510. The van der Waals surface area contributed by atoms with Crippen molar-refractivity contribution >= 4 is 34.8 Å². The van der Waals surface area contributed by atoms with E-state index in [9.17, 15) is 0 Å². The van der Waals surface area contributed by atoms with E-state index in [0.29, 0.717) is 10.3 Å². The third-order valence-electron chi connectivity index (χ3n) is 7.49. The molecule has 0 unspecified atom stereocenters. The van der Waals surface area contributed by atoms with Crippen LogP contribution >= 0.6 is 24.4 Å². The molecule has 2 rings (SSSR count). The van der Waals surface area contributed by atoms with Crippen molar-refractivity contribution in [1.29, 1.82) is 0 Å². The average Bonchev–Trinajstić information content (AvgIpc) is 2.79. The number of nitrogens with one attached hydrogen (secondary N) is 2. The van der Waals surface area contributed by atoms with Crippen LogP contribution in [0.25, 0.3) is 0 Å². The molecule has 33 heavy (non-hydrogen) atoms. The summed E-state index contributed by atoms with van der Waals surface area (Å²) in [4.78, 5) is 0. The van der Waals surface area contributed by atoms with Gasteiger partial charge in [0.2, 0.25) is 0 Å². The predicted octanol–water partition coefficient (Wildman–Crippen LogP) is 7.73. The second-order valence-electron chi connectivity index (χ2n) is 10.5. The number of unbranched alkanes of at least 4 members (excludes halogenated alkanes) is 6. The van der Waals surface area contributed by atoms with E-state index in [2.05, 4.69) is 24.5 Å². The molecule has 2 N–H and O–H groups in total. The molecule has 0 bridgehead atoms. The smallest absolute Gasteiger partial charge is 0.257 e. The first kappa shape index (κ1) is 28.6. The minimum absolute atomic E-state index is 0.000168. The van der Waals surface area contributed by atoms with Gasteiger partial charge in [0.15, 0.2) is 0 Å². The molecule has 0 aromatic heterocycles. The molecule has 0 aromatic carbocycles. The second-order valence-corrected chi connectivity index (χ2v) is 11.2. The van der Waals surface area contributed by atoms with E-state index < -0.39 is 0 Å². The van der Waals surface area contributed by atoms with Gasteiger partial charge in [0.25, 0.3) is 10.3 Å². The van der Waals surface area contributed by atoms with Crippen LogP contribution in [0, 0.1) is 0 Å². The summed E-state index contributed by atoms with van der Waals surface area (Å²) in [5.41, 5.74) is -0.000335. The molecular weight excluding hydrogens is 448 g/mol. The van der Waals surface area contributed by atoms with Crippen LogP contribution in [0.3, 0.4) is 0 Å². The molecule has 4 nitrogen and oxygen atoms in total. The van der Waals surface area contributed by atoms with Crippen molar-refractivity contribution in [3.05, 3.63) is 0 Å².